The number of nitrogens with one attached hydrogen (secondary N) is 1. The number of benzene rings is 1. The van der Waals surface area contributed by atoms with Gasteiger partial charge in [-0.2, -0.15) is 0 Å². The highest BCUT2D eigenvalue weighted by molar-refractivity contribution is 5.82. The van der Waals surface area contributed by atoms with Crippen LogP contribution in [0.3, 0.4) is 0 Å². The molecule has 0 aromatic heterocycles. The first-order valence-electron chi connectivity index (χ1n) is 7.45. The van der Waals surface area contributed by atoms with E-state index >= 15 is 0 Å². The standard InChI is InChI=1S/C16H22N2O2/c17-13(10-11-4-2-1-3-5-11)16(19)18-14-8-9-20-15(14)12-6-7-12/h1-5,12-15H,6-10,17H2,(H,18,19)/t13-,14?,15?/m0/s1. The van der Waals surface area contributed by atoms with Gasteiger partial charge >= 0.3 is 0 Å². The monoisotopic (exact) mass is 274 g/mol. The first-order valence-corrected chi connectivity index (χ1v) is 7.45. The lowest BCUT2D eigenvalue weighted by Gasteiger charge is -2.21. The summed E-state index contributed by atoms with van der Waals surface area (Å²) in [5.74, 6) is 0.586. The van der Waals surface area contributed by atoms with Crippen LogP contribution in [-0.4, -0.2) is 30.7 Å². The molecule has 2 fully saturated rings. The Morgan fingerprint density at radius 2 is 2.05 bits per heavy atom. The van der Waals surface area contributed by atoms with Crippen LogP contribution in [0.2, 0.25) is 0 Å². The first kappa shape index (κ1) is 13.6. The zero-order chi connectivity index (χ0) is 13.9. The van der Waals surface area contributed by atoms with Crippen LogP contribution in [0.4, 0.5) is 0 Å². The van der Waals surface area contributed by atoms with Gasteiger partial charge in [0.2, 0.25) is 5.91 Å². The summed E-state index contributed by atoms with van der Waals surface area (Å²) in [7, 11) is 0. The van der Waals surface area contributed by atoms with Gasteiger partial charge in [0, 0.05) is 6.61 Å². The minimum atomic E-state index is -0.488. The van der Waals surface area contributed by atoms with E-state index in [0.717, 1.165) is 18.6 Å². The van der Waals surface area contributed by atoms with Crippen molar-refractivity contribution in [2.75, 3.05) is 6.61 Å². The second-order valence-electron chi connectivity index (χ2n) is 5.87. The van der Waals surface area contributed by atoms with Gasteiger partial charge < -0.3 is 15.8 Å². The molecule has 4 heteroatoms. The van der Waals surface area contributed by atoms with Crippen LogP contribution in [0.15, 0.2) is 30.3 Å². The number of ether oxygens (including phenoxy) is 1. The van der Waals surface area contributed by atoms with Crippen molar-refractivity contribution in [3.05, 3.63) is 35.9 Å². The van der Waals surface area contributed by atoms with E-state index in [1.807, 2.05) is 30.3 Å². The van der Waals surface area contributed by atoms with Crippen LogP contribution >= 0.6 is 0 Å². The average molecular weight is 274 g/mol. The lowest BCUT2D eigenvalue weighted by molar-refractivity contribution is -0.123. The van der Waals surface area contributed by atoms with Gasteiger partial charge in [-0.1, -0.05) is 30.3 Å². The van der Waals surface area contributed by atoms with Crippen molar-refractivity contribution in [3.63, 3.8) is 0 Å². The van der Waals surface area contributed by atoms with Gasteiger partial charge in [0.1, 0.15) is 0 Å². The van der Waals surface area contributed by atoms with Gasteiger partial charge in [0.25, 0.3) is 0 Å². The van der Waals surface area contributed by atoms with Gasteiger partial charge in [-0.3, -0.25) is 4.79 Å². The topological polar surface area (TPSA) is 64.4 Å². The molecule has 1 aliphatic carbocycles. The Kier molecular flexibility index (Phi) is 4.03. The zero-order valence-corrected chi connectivity index (χ0v) is 11.6. The molecule has 2 aliphatic rings. The maximum absolute atomic E-state index is 12.2. The maximum atomic E-state index is 12.2. The van der Waals surface area contributed by atoms with Crippen LogP contribution in [0, 0.1) is 5.92 Å². The molecule has 1 aromatic rings. The molecule has 3 atom stereocenters. The summed E-state index contributed by atoms with van der Waals surface area (Å²) in [6.45, 7) is 0.750. The molecule has 3 rings (SSSR count). The quantitative estimate of drug-likeness (QED) is 0.849. The molecular weight excluding hydrogens is 252 g/mol. The fourth-order valence-electron chi connectivity index (χ4n) is 2.91. The summed E-state index contributed by atoms with van der Waals surface area (Å²) in [4.78, 5) is 12.2. The van der Waals surface area contributed by atoms with E-state index in [-0.39, 0.29) is 18.1 Å². The van der Waals surface area contributed by atoms with Gasteiger partial charge in [0.05, 0.1) is 18.2 Å². The summed E-state index contributed by atoms with van der Waals surface area (Å²) in [5.41, 5.74) is 7.11. The van der Waals surface area contributed by atoms with Gasteiger partial charge in [-0.05, 0) is 37.2 Å². The summed E-state index contributed by atoms with van der Waals surface area (Å²) in [6.07, 6.45) is 4.15. The third-order valence-corrected chi connectivity index (χ3v) is 4.19. The molecule has 0 bridgehead atoms. The zero-order valence-electron chi connectivity index (χ0n) is 11.6. The fraction of sp³-hybridized carbons (Fsp3) is 0.562. The predicted octanol–water partition coefficient (Wildman–Crippen LogP) is 1.24. The van der Waals surface area contributed by atoms with Crippen LogP contribution in [0.25, 0.3) is 0 Å². The van der Waals surface area contributed by atoms with Crippen LogP contribution in [0.1, 0.15) is 24.8 Å². The molecule has 1 amide bonds. The molecule has 1 heterocycles. The summed E-state index contributed by atoms with van der Waals surface area (Å²) in [5, 5.41) is 3.08. The smallest absolute Gasteiger partial charge is 0.237 e. The Morgan fingerprint density at radius 3 is 2.75 bits per heavy atom. The third kappa shape index (κ3) is 3.19. The Hall–Kier alpha value is -1.39. The van der Waals surface area contributed by atoms with Crippen LogP contribution < -0.4 is 11.1 Å². The highest BCUT2D eigenvalue weighted by Gasteiger charge is 2.41. The van der Waals surface area contributed by atoms with E-state index in [1.165, 1.54) is 12.8 Å². The third-order valence-electron chi connectivity index (χ3n) is 4.19. The number of amides is 1. The number of hydrogen-bond donors (Lipinski definition) is 2. The molecule has 2 unspecified atom stereocenters. The maximum Gasteiger partial charge on any atom is 0.237 e. The highest BCUT2D eigenvalue weighted by atomic mass is 16.5. The molecular formula is C16H22N2O2. The van der Waals surface area contributed by atoms with E-state index in [1.54, 1.807) is 0 Å². The normalized spacial score (nSPS) is 27.2. The van der Waals surface area contributed by atoms with Crippen molar-refractivity contribution >= 4 is 5.91 Å². The van der Waals surface area contributed by atoms with Crippen molar-refractivity contribution < 1.29 is 9.53 Å². The predicted molar refractivity (Wildman–Crippen MR) is 77.1 cm³/mol. The Labute approximate surface area is 119 Å². The number of nitrogens with two attached hydrogens (primary N) is 1. The van der Waals surface area contributed by atoms with Gasteiger partial charge in [0.15, 0.2) is 0 Å². The van der Waals surface area contributed by atoms with Gasteiger partial charge in [-0.25, -0.2) is 0 Å². The molecule has 1 aromatic carbocycles. The largest absolute Gasteiger partial charge is 0.376 e. The molecule has 0 spiro atoms. The summed E-state index contributed by atoms with van der Waals surface area (Å²) in [6, 6.07) is 9.56. The second kappa shape index (κ2) is 5.94. The minimum Gasteiger partial charge on any atom is -0.376 e. The molecule has 1 saturated heterocycles. The van der Waals surface area contributed by atoms with Crippen LogP contribution in [0.5, 0.6) is 0 Å². The molecule has 1 saturated carbocycles. The molecule has 20 heavy (non-hydrogen) atoms. The van der Waals surface area contributed by atoms with Crippen molar-refractivity contribution in [2.24, 2.45) is 11.7 Å². The summed E-state index contributed by atoms with van der Waals surface area (Å²) >= 11 is 0. The molecule has 0 radical (unpaired) electrons. The lowest BCUT2D eigenvalue weighted by Crippen LogP contribution is -2.49. The Balaban J connectivity index is 1.53. The van der Waals surface area contributed by atoms with Crippen molar-refractivity contribution in [3.8, 4) is 0 Å². The molecule has 4 nitrogen and oxygen atoms in total. The van der Waals surface area contributed by atoms with E-state index in [4.69, 9.17) is 10.5 Å². The molecule has 1 aliphatic heterocycles. The lowest BCUT2D eigenvalue weighted by atomic mass is 10.0. The average Bonchev–Trinajstić information content (AvgIpc) is 3.20. The Bertz CT molecular complexity index is 459. The SMILES string of the molecule is N[C@@H](Cc1ccccc1)C(=O)NC1CCOC1C1CC1. The fourth-order valence-corrected chi connectivity index (χ4v) is 2.91. The second-order valence-corrected chi connectivity index (χ2v) is 5.87. The Morgan fingerprint density at radius 1 is 1.30 bits per heavy atom. The van der Waals surface area contributed by atoms with E-state index in [9.17, 15) is 4.79 Å². The number of hydrogen-bond acceptors (Lipinski definition) is 3. The van der Waals surface area contributed by atoms with E-state index < -0.39 is 6.04 Å². The summed E-state index contributed by atoms with van der Waals surface area (Å²) < 4.78 is 5.73. The number of rotatable bonds is 5. The number of carbonyl (C=O) groups excluding carboxylic acids is 1. The van der Waals surface area contributed by atoms with E-state index in [0.29, 0.717) is 12.3 Å². The van der Waals surface area contributed by atoms with Crippen LogP contribution in [-0.2, 0) is 16.0 Å². The van der Waals surface area contributed by atoms with Gasteiger partial charge in [-0.15, -0.1) is 0 Å². The minimum absolute atomic E-state index is 0.0602. The molecule has 3 N–H and O–H groups in total. The van der Waals surface area contributed by atoms with Crippen molar-refractivity contribution in [1.29, 1.82) is 0 Å². The van der Waals surface area contributed by atoms with Crippen molar-refractivity contribution in [2.45, 2.75) is 43.9 Å². The first-order chi connectivity index (χ1) is 9.74. The van der Waals surface area contributed by atoms with E-state index in [2.05, 4.69) is 5.32 Å². The highest BCUT2D eigenvalue weighted by Crippen LogP contribution is 2.38. The molecule has 108 valence electrons. The van der Waals surface area contributed by atoms with Crippen molar-refractivity contribution in [1.82, 2.24) is 5.32 Å². The number of carbonyl (C=O) groups is 1.